The highest BCUT2D eigenvalue weighted by Gasteiger charge is 2.31. The van der Waals surface area contributed by atoms with Crippen LogP contribution in [-0.2, 0) is 31.9 Å². The van der Waals surface area contributed by atoms with Crippen molar-refractivity contribution in [2.45, 2.75) is 25.5 Å². The van der Waals surface area contributed by atoms with Gasteiger partial charge in [-0.15, -0.1) is 10.2 Å². The standard InChI is InChI=1S/C19H19ClFN7O3/c1-27-8-12-11(17(27)18(29)22-10-3-5-14(21)13(20)7-10)4-6-15(12)23-19(30)31-9-16-24-26-28(2)25-16/h3,5,7-8,15H,4,6,9H2,1-2H3,(H,22,29)(H,23,30). The molecule has 2 aromatic heterocycles. The van der Waals surface area contributed by atoms with E-state index < -0.39 is 11.9 Å². The number of alkyl carbamates (subject to hydrolysis) is 1. The Bertz CT molecular complexity index is 1160. The maximum absolute atomic E-state index is 13.3. The predicted octanol–water partition coefficient (Wildman–Crippen LogP) is 2.51. The third kappa shape index (κ3) is 4.36. The van der Waals surface area contributed by atoms with Crippen LogP contribution in [0.4, 0.5) is 14.9 Å². The van der Waals surface area contributed by atoms with Gasteiger partial charge < -0.3 is 19.9 Å². The maximum Gasteiger partial charge on any atom is 0.408 e. The van der Waals surface area contributed by atoms with E-state index in [1.54, 1.807) is 18.7 Å². The number of benzene rings is 1. The van der Waals surface area contributed by atoms with Gasteiger partial charge in [0.1, 0.15) is 11.5 Å². The van der Waals surface area contributed by atoms with Crippen molar-refractivity contribution in [1.82, 2.24) is 30.1 Å². The van der Waals surface area contributed by atoms with Gasteiger partial charge in [0.2, 0.25) is 5.82 Å². The Morgan fingerprint density at radius 3 is 2.87 bits per heavy atom. The number of aromatic nitrogens is 5. The number of ether oxygens (including phenoxy) is 1. The molecule has 0 radical (unpaired) electrons. The number of anilines is 1. The minimum Gasteiger partial charge on any atom is -0.441 e. The molecular formula is C19H19ClFN7O3. The molecule has 31 heavy (non-hydrogen) atoms. The quantitative estimate of drug-likeness (QED) is 0.620. The maximum atomic E-state index is 13.3. The van der Waals surface area contributed by atoms with Gasteiger partial charge in [-0.1, -0.05) is 11.6 Å². The van der Waals surface area contributed by atoms with Crippen LogP contribution in [0.15, 0.2) is 24.4 Å². The van der Waals surface area contributed by atoms with E-state index in [1.807, 2.05) is 6.20 Å². The van der Waals surface area contributed by atoms with Crippen LogP contribution >= 0.6 is 11.6 Å². The highest BCUT2D eigenvalue weighted by Crippen LogP contribution is 2.35. The van der Waals surface area contributed by atoms with Crippen LogP contribution in [0.3, 0.4) is 0 Å². The Hall–Kier alpha value is -3.47. The number of carbonyl (C=O) groups is 2. The first-order chi connectivity index (χ1) is 14.8. The first-order valence-corrected chi connectivity index (χ1v) is 9.80. The third-order valence-electron chi connectivity index (χ3n) is 4.94. The molecule has 0 bridgehead atoms. The van der Waals surface area contributed by atoms with Gasteiger partial charge in [-0.2, -0.15) is 4.80 Å². The van der Waals surface area contributed by atoms with Crippen LogP contribution in [0.2, 0.25) is 5.02 Å². The van der Waals surface area contributed by atoms with Crippen molar-refractivity contribution in [1.29, 1.82) is 0 Å². The summed E-state index contributed by atoms with van der Waals surface area (Å²) in [7, 11) is 3.37. The molecular weight excluding hydrogens is 429 g/mol. The van der Waals surface area contributed by atoms with Crippen LogP contribution in [0, 0.1) is 5.82 Å². The highest BCUT2D eigenvalue weighted by atomic mass is 35.5. The topological polar surface area (TPSA) is 116 Å². The van der Waals surface area contributed by atoms with Gasteiger partial charge in [0, 0.05) is 18.9 Å². The zero-order chi connectivity index (χ0) is 22.1. The van der Waals surface area contributed by atoms with E-state index in [4.69, 9.17) is 16.3 Å². The van der Waals surface area contributed by atoms with E-state index in [0.717, 1.165) is 11.1 Å². The molecule has 1 aliphatic rings. The van der Waals surface area contributed by atoms with Crippen molar-refractivity contribution in [3.63, 3.8) is 0 Å². The first-order valence-electron chi connectivity index (χ1n) is 9.42. The van der Waals surface area contributed by atoms with Gasteiger partial charge in [-0.25, -0.2) is 9.18 Å². The number of rotatable bonds is 5. The van der Waals surface area contributed by atoms with Crippen molar-refractivity contribution in [3.8, 4) is 0 Å². The molecule has 0 saturated carbocycles. The van der Waals surface area contributed by atoms with Crippen molar-refractivity contribution >= 4 is 29.3 Å². The van der Waals surface area contributed by atoms with Gasteiger partial charge in [0.05, 0.1) is 18.1 Å². The molecule has 4 rings (SSSR count). The number of hydrogen-bond acceptors (Lipinski definition) is 6. The fourth-order valence-electron chi connectivity index (χ4n) is 3.61. The summed E-state index contributed by atoms with van der Waals surface area (Å²) < 4.78 is 20.2. The van der Waals surface area contributed by atoms with E-state index >= 15 is 0 Å². The van der Waals surface area contributed by atoms with Gasteiger partial charge in [0.15, 0.2) is 6.61 Å². The van der Waals surface area contributed by atoms with E-state index in [2.05, 4.69) is 26.0 Å². The number of tetrazole rings is 1. The lowest BCUT2D eigenvalue weighted by atomic mass is 10.1. The molecule has 1 atom stereocenters. The van der Waals surface area contributed by atoms with Crippen molar-refractivity contribution in [2.24, 2.45) is 14.1 Å². The van der Waals surface area contributed by atoms with Crippen LogP contribution in [0.1, 0.15) is 39.9 Å². The van der Waals surface area contributed by atoms with Crippen LogP contribution in [-0.4, -0.2) is 36.8 Å². The lowest BCUT2D eigenvalue weighted by molar-refractivity contribution is 0.101. The predicted molar refractivity (Wildman–Crippen MR) is 108 cm³/mol. The summed E-state index contributed by atoms with van der Waals surface area (Å²) in [4.78, 5) is 26.3. The molecule has 0 fully saturated rings. The third-order valence-corrected chi connectivity index (χ3v) is 5.23. The minimum atomic E-state index is -0.610. The summed E-state index contributed by atoms with van der Waals surface area (Å²) in [5.41, 5.74) is 2.55. The molecule has 0 spiro atoms. The summed E-state index contributed by atoms with van der Waals surface area (Å²) in [5.74, 6) is -0.608. The van der Waals surface area contributed by atoms with E-state index in [9.17, 15) is 14.0 Å². The molecule has 10 nitrogen and oxygen atoms in total. The average Bonchev–Trinajstić information content (AvgIpc) is 3.39. The molecule has 0 aliphatic heterocycles. The fourth-order valence-corrected chi connectivity index (χ4v) is 3.79. The second-order valence-electron chi connectivity index (χ2n) is 7.11. The van der Waals surface area contributed by atoms with Gasteiger partial charge >= 0.3 is 6.09 Å². The van der Waals surface area contributed by atoms with E-state index in [0.29, 0.717) is 30.0 Å². The number of nitrogens with zero attached hydrogens (tertiary/aromatic N) is 5. The number of carbonyl (C=O) groups excluding carboxylic acids is 2. The Morgan fingerprint density at radius 1 is 1.35 bits per heavy atom. The summed E-state index contributed by atoms with van der Waals surface area (Å²) >= 11 is 5.78. The molecule has 2 heterocycles. The summed E-state index contributed by atoms with van der Waals surface area (Å²) in [6.45, 7) is -0.0953. The average molecular weight is 448 g/mol. The molecule has 1 aliphatic carbocycles. The molecule has 1 aromatic carbocycles. The van der Waals surface area contributed by atoms with Gasteiger partial charge in [-0.3, -0.25) is 4.79 Å². The van der Waals surface area contributed by atoms with Crippen molar-refractivity contribution in [2.75, 3.05) is 5.32 Å². The second-order valence-corrected chi connectivity index (χ2v) is 7.52. The molecule has 1 unspecified atom stereocenters. The van der Waals surface area contributed by atoms with Crippen LogP contribution in [0.5, 0.6) is 0 Å². The highest BCUT2D eigenvalue weighted by molar-refractivity contribution is 6.31. The zero-order valence-electron chi connectivity index (χ0n) is 16.7. The van der Waals surface area contributed by atoms with Gasteiger partial charge in [0.25, 0.3) is 5.91 Å². The Balaban J connectivity index is 1.43. The number of halogens is 2. The van der Waals surface area contributed by atoms with Crippen LogP contribution < -0.4 is 10.6 Å². The number of nitrogens with one attached hydrogen (secondary N) is 2. The number of amides is 2. The normalized spacial score (nSPS) is 14.9. The monoisotopic (exact) mass is 447 g/mol. The zero-order valence-corrected chi connectivity index (χ0v) is 17.5. The molecule has 2 amide bonds. The first kappa shape index (κ1) is 20.8. The lowest BCUT2D eigenvalue weighted by Crippen LogP contribution is -2.27. The van der Waals surface area contributed by atoms with Gasteiger partial charge in [-0.05, 0) is 47.4 Å². The largest absolute Gasteiger partial charge is 0.441 e. The number of hydrogen-bond donors (Lipinski definition) is 2. The lowest BCUT2D eigenvalue weighted by Gasteiger charge is -2.12. The van der Waals surface area contributed by atoms with E-state index in [1.165, 1.54) is 23.0 Å². The summed E-state index contributed by atoms with van der Waals surface area (Å²) in [6, 6.07) is 3.69. The Morgan fingerprint density at radius 2 is 2.16 bits per heavy atom. The molecule has 3 aromatic rings. The van der Waals surface area contributed by atoms with E-state index in [-0.39, 0.29) is 23.6 Å². The fraction of sp³-hybridized carbons (Fsp3) is 0.316. The van der Waals surface area contributed by atoms with Crippen molar-refractivity contribution < 1.29 is 18.7 Å². The smallest absolute Gasteiger partial charge is 0.408 e. The summed E-state index contributed by atoms with van der Waals surface area (Å²) in [5, 5.41) is 16.8. The molecule has 2 N–H and O–H groups in total. The SMILES string of the molecule is Cn1nnc(COC(=O)NC2CCc3c2cn(C)c3C(=O)Nc2ccc(F)c(Cl)c2)n1. The van der Waals surface area contributed by atoms with Crippen LogP contribution in [0.25, 0.3) is 0 Å². The Kier molecular flexibility index (Phi) is 5.59. The minimum absolute atomic E-state index is 0.0747. The molecule has 12 heteroatoms. The molecule has 0 saturated heterocycles. The number of aryl methyl sites for hydroxylation is 2. The molecule has 162 valence electrons. The second kappa shape index (κ2) is 8.34. The Labute approximate surface area is 181 Å². The van der Waals surface area contributed by atoms with Crippen molar-refractivity contribution in [3.05, 3.63) is 57.9 Å². The summed E-state index contributed by atoms with van der Waals surface area (Å²) in [6.07, 6.45) is 2.44. The number of fused-ring (bicyclic) bond motifs is 1.